The van der Waals surface area contributed by atoms with Crippen molar-refractivity contribution in [3.8, 4) is 5.75 Å². The summed E-state index contributed by atoms with van der Waals surface area (Å²) < 4.78 is 33.3. The number of alkyl halides is 2. The molecular formula is C15H20F2N2O2. The number of aromatic nitrogens is 1. The monoisotopic (exact) mass is 298 g/mol. The Balaban J connectivity index is 2.00. The van der Waals surface area contributed by atoms with Crippen LogP contribution in [-0.2, 0) is 11.2 Å². The van der Waals surface area contributed by atoms with E-state index in [0.29, 0.717) is 5.75 Å². The molecule has 4 nitrogen and oxygen atoms in total. The van der Waals surface area contributed by atoms with E-state index in [0.717, 1.165) is 23.9 Å². The van der Waals surface area contributed by atoms with Crippen molar-refractivity contribution in [1.29, 1.82) is 0 Å². The number of nitrogens with zero attached hydrogens (tertiary/aromatic N) is 1. The van der Waals surface area contributed by atoms with Crippen LogP contribution in [0.3, 0.4) is 0 Å². The predicted octanol–water partition coefficient (Wildman–Crippen LogP) is 2.89. The number of hydrogen-bond acceptors (Lipinski definition) is 3. The smallest absolute Gasteiger partial charge is 0.345 e. The van der Waals surface area contributed by atoms with E-state index < -0.39 is 6.61 Å². The van der Waals surface area contributed by atoms with Gasteiger partial charge in [0.25, 0.3) is 0 Å². The minimum absolute atomic E-state index is 0.104. The molecule has 0 aliphatic rings. The zero-order valence-electron chi connectivity index (χ0n) is 12.2. The fraction of sp³-hybridized carbons (Fsp3) is 0.467. The van der Waals surface area contributed by atoms with Crippen LogP contribution in [0.25, 0.3) is 10.9 Å². The first-order valence-corrected chi connectivity index (χ1v) is 6.83. The second kappa shape index (κ2) is 7.38. The van der Waals surface area contributed by atoms with Crippen LogP contribution in [0.5, 0.6) is 5.75 Å². The molecule has 2 aromatic rings. The minimum atomic E-state index is -2.75. The third-order valence-electron chi connectivity index (χ3n) is 3.16. The summed E-state index contributed by atoms with van der Waals surface area (Å²) in [6, 6.07) is 5.67. The molecule has 1 N–H and O–H groups in total. The minimum Gasteiger partial charge on any atom is -0.491 e. The van der Waals surface area contributed by atoms with Gasteiger partial charge < -0.3 is 19.4 Å². The molecule has 1 heterocycles. The maximum Gasteiger partial charge on any atom is 0.345 e. The van der Waals surface area contributed by atoms with Gasteiger partial charge in [0.05, 0.1) is 6.61 Å². The number of likely N-dealkylation sites (N-methyl/N-ethyl adjacent to an activating group) is 1. The number of nitrogens with one attached hydrogen (secondary N) is 1. The van der Waals surface area contributed by atoms with E-state index in [1.165, 1.54) is 5.56 Å². The van der Waals surface area contributed by atoms with Gasteiger partial charge in [-0.1, -0.05) is 0 Å². The van der Waals surface area contributed by atoms with E-state index >= 15 is 0 Å². The van der Waals surface area contributed by atoms with E-state index in [1.54, 1.807) is 0 Å². The maximum atomic E-state index is 11.8. The number of fused-ring (bicyclic) bond motifs is 1. The third kappa shape index (κ3) is 4.68. The van der Waals surface area contributed by atoms with Crippen molar-refractivity contribution in [3.63, 3.8) is 0 Å². The van der Waals surface area contributed by atoms with E-state index in [-0.39, 0.29) is 13.2 Å². The number of hydrogen-bond donors (Lipinski definition) is 1. The summed E-state index contributed by atoms with van der Waals surface area (Å²) in [6.45, 7) is -1.82. The molecule has 116 valence electrons. The van der Waals surface area contributed by atoms with Gasteiger partial charge >= 0.3 is 6.61 Å². The summed E-state index contributed by atoms with van der Waals surface area (Å²) in [4.78, 5) is 5.35. The highest BCUT2D eigenvalue weighted by molar-refractivity contribution is 5.84. The first kappa shape index (κ1) is 15.7. The highest BCUT2D eigenvalue weighted by atomic mass is 19.3. The highest BCUT2D eigenvalue weighted by Gasteiger charge is 2.06. The molecule has 0 bridgehead atoms. The van der Waals surface area contributed by atoms with Gasteiger partial charge in [0.2, 0.25) is 0 Å². The number of benzene rings is 1. The first-order valence-electron chi connectivity index (χ1n) is 6.83. The lowest BCUT2D eigenvalue weighted by Gasteiger charge is -2.09. The van der Waals surface area contributed by atoms with Crippen molar-refractivity contribution in [1.82, 2.24) is 9.88 Å². The average Bonchev–Trinajstić information content (AvgIpc) is 2.83. The molecule has 1 aromatic heterocycles. The number of ether oxygens (including phenoxy) is 2. The Hall–Kier alpha value is -1.66. The molecule has 2 rings (SSSR count). The van der Waals surface area contributed by atoms with Gasteiger partial charge in [-0.25, -0.2) is 0 Å². The van der Waals surface area contributed by atoms with Gasteiger partial charge in [0.15, 0.2) is 0 Å². The largest absolute Gasteiger partial charge is 0.491 e. The second-order valence-corrected chi connectivity index (χ2v) is 5.05. The Bertz CT molecular complexity index is 570. The molecular weight excluding hydrogens is 278 g/mol. The van der Waals surface area contributed by atoms with Crippen LogP contribution in [0.15, 0.2) is 24.4 Å². The molecule has 0 aliphatic carbocycles. The van der Waals surface area contributed by atoms with E-state index in [2.05, 4.69) is 14.6 Å². The molecule has 1 aromatic carbocycles. The molecule has 0 radical (unpaired) electrons. The Morgan fingerprint density at radius 1 is 1.24 bits per heavy atom. The summed E-state index contributed by atoms with van der Waals surface area (Å²) >= 11 is 0. The van der Waals surface area contributed by atoms with Crippen molar-refractivity contribution < 1.29 is 18.3 Å². The molecule has 0 spiro atoms. The van der Waals surface area contributed by atoms with E-state index in [1.807, 2.05) is 38.5 Å². The van der Waals surface area contributed by atoms with Crippen LogP contribution in [0.4, 0.5) is 8.78 Å². The molecule has 0 fully saturated rings. The van der Waals surface area contributed by atoms with Crippen LogP contribution in [0.1, 0.15) is 5.56 Å². The summed E-state index contributed by atoms with van der Waals surface area (Å²) in [5, 5.41) is 1.10. The van der Waals surface area contributed by atoms with Crippen LogP contribution in [0, 0.1) is 0 Å². The zero-order chi connectivity index (χ0) is 15.2. The van der Waals surface area contributed by atoms with Crippen molar-refractivity contribution in [2.75, 3.05) is 33.9 Å². The Kier molecular flexibility index (Phi) is 5.52. The van der Waals surface area contributed by atoms with Gasteiger partial charge in [0.1, 0.15) is 12.4 Å². The molecule has 0 atom stereocenters. The fourth-order valence-electron chi connectivity index (χ4n) is 2.09. The van der Waals surface area contributed by atoms with Crippen molar-refractivity contribution in [2.45, 2.75) is 13.0 Å². The summed E-state index contributed by atoms with van der Waals surface area (Å²) in [5.74, 6) is 0.658. The van der Waals surface area contributed by atoms with Crippen LogP contribution in [-0.4, -0.2) is 50.3 Å². The van der Waals surface area contributed by atoms with Crippen LogP contribution < -0.4 is 4.74 Å². The van der Waals surface area contributed by atoms with Crippen LogP contribution in [0.2, 0.25) is 0 Å². The number of aromatic amines is 1. The van der Waals surface area contributed by atoms with Crippen molar-refractivity contribution in [3.05, 3.63) is 30.0 Å². The van der Waals surface area contributed by atoms with E-state index in [9.17, 15) is 8.78 Å². The highest BCUT2D eigenvalue weighted by Crippen LogP contribution is 2.24. The SMILES string of the molecule is CN(C)CCc1c[nH]c2ccc(OCCOC(F)F)cc12. The number of rotatable bonds is 8. The molecule has 0 saturated carbocycles. The molecule has 0 amide bonds. The molecule has 0 aliphatic heterocycles. The normalized spacial score (nSPS) is 11.7. The van der Waals surface area contributed by atoms with Crippen molar-refractivity contribution >= 4 is 10.9 Å². The Morgan fingerprint density at radius 2 is 2.05 bits per heavy atom. The van der Waals surface area contributed by atoms with Gasteiger partial charge in [-0.15, -0.1) is 0 Å². The predicted molar refractivity (Wildman–Crippen MR) is 78.0 cm³/mol. The maximum absolute atomic E-state index is 11.8. The van der Waals surface area contributed by atoms with Gasteiger partial charge in [-0.2, -0.15) is 8.78 Å². The topological polar surface area (TPSA) is 37.5 Å². The summed E-state index contributed by atoms with van der Waals surface area (Å²) in [7, 11) is 4.07. The quantitative estimate of drug-likeness (QED) is 0.762. The summed E-state index contributed by atoms with van der Waals surface area (Å²) in [6.07, 6.45) is 2.93. The lowest BCUT2D eigenvalue weighted by molar-refractivity contribution is -0.133. The van der Waals surface area contributed by atoms with Gasteiger partial charge in [-0.3, -0.25) is 0 Å². The lowest BCUT2D eigenvalue weighted by atomic mass is 10.1. The molecule has 6 heteroatoms. The standard InChI is InChI=1S/C15H20F2N2O2/c1-19(2)6-5-11-10-18-14-4-3-12(9-13(11)14)20-7-8-21-15(16)17/h3-4,9-10,15,18H,5-8H2,1-2H3. The molecule has 0 unspecified atom stereocenters. The third-order valence-corrected chi connectivity index (χ3v) is 3.16. The zero-order valence-corrected chi connectivity index (χ0v) is 12.2. The Labute approximate surface area is 122 Å². The first-order chi connectivity index (χ1) is 10.1. The Morgan fingerprint density at radius 3 is 2.76 bits per heavy atom. The number of H-pyrrole nitrogens is 1. The van der Waals surface area contributed by atoms with Gasteiger partial charge in [-0.05, 0) is 44.3 Å². The van der Waals surface area contributed by atoms with E-state index in [4.69, 9.17) is 4.74 Å². The summed E-state index contributed by atoms with van der Waals surface area (Å²) in [5.41, 5.74) is 2.26. The lowest BCUT2D eigenvalue weighted by Crippen LogP contribution is -2.14. The van der Waals surface area contributed by atoms with Crippen molar-refractivity contribution in [2.24, 2.45) is 0 Å². The second-order valence-electron chi connectivity index (χ2n) is 5.05. The van der Waals surface area contributed by atoms with Crippen LogP contribution >= 0.6 is 0 Å². The molecule has 0 saturated heterocycles. The number of halogens is 2. The average molecular weight is 298 g/mol. The van der Waals surface area contributed by atoms with Gasteiger partial charge in [0, 0.05) is 23.6 Å². The molecule has 21 heavy (non-hydrogen) atoms. The fourth-order valence-corrected chi connectivity index (χ4v) is 2.09.